The largest absolute Gasteiger partial charge is 0.466 e. The molecular formula is C20H24N2O4S. The Morgan fingerprint density at radius 3 is 2.67 bits per heavy atom. The molecule has 0 aliphatic carbocycles. The van der Waals surface area contributed by atoms with Crippen LogP contribution in [0.3, 0.4) is 0 Å². The molecule has 0 spiro atoms. The summed E-state index contributed by atoms with van der Waals surface area (Å²) in [6, 6.07) is 13.7. The van der Waals surface area contributed by atoms with Crippen molar-refractivity contribution in [2.24, 2.45) is 5.73 Å². The van der Waals surface area contributed by atoms with Crippen LogP contribution in [0.15, 0.2) is 42.5 Å². The fourth-order valence-electron chi connectivity index (χ4n) is 3.28. The van der Waals surface area contributed by atoms with Gasteiger partial charge in [0.1, 0.15) is 0 Å². The van der Waals surface area contributed by atoms with Gasteiger partial charge >= 0.3 is 5.97 Å². The van der Waals surface area contributed by atoms with E-state index in [1.54, 1.807) is 6.07 Å². The number of hydrogen-bond acceptors (Lipinski definition) is 6. The van der Waals surface area contributed by atoms with E-state index in [1.807, 2.05) is 41.3 Å². The van der Waals surface area contributed by atoms with E-state index < -0.39 is 12.1 Å². The van der Waals surface area contributed by atoms with E-state index in [4.69, 9.17) is 15.2 Å². The monoisotopic (exact) mass is 388 g/mol. The molecule has 7 heteroatoms. The zero-order chi connectivity index (χ0) is 19.4. The molecule has 2 aromatic rings. The van der Waals surface area contributed by atoms with Gasteiger partial charge in [0, 0.05) is 17.5 Å². The maximum atomic E-state index is 12.2. The molecule has 1 aliphatic heterocycles. The number of nitrogens with two attached hydrogens (primary N) is 1. The highest BCUT2D eigenvalue weighted by atomic mass is 32.1. The quantitative estimate of drug-likeness (QED) is 0.738. The average Bonchev–Trinajstić information content (AvgIpc) is 3.33. The number of aryl methyl sites for hydroxylation is 1. The van der Waals surface area contributed by atoms with Crippen LogP contribution in [-0.2, 0) is 20.7 Å². The van der Waals surface area contributed by atoms with Crippen molar-refractivity contribution in [2.45, 2.75) is 38.1 Å². The Kier molecular flexibility index (Phi) is 6.26. The van der Waals surface area contributed by atoms with Crippen LogP contribution < -0.4 is 5.73 Å². The summed E-state index contributed by atoms with van der Waals surface area (Å²) in [5.41, 5.74) is 6.36. The van der Waals surface area contributed by atoms with E-state index in [2.05, 4.69) is 6.92 Å². The predicted octanol–water partition coefficient (Wildman–Crippen LogP) is 2.74. The van der Waals surface area contributed by atoms with Crippen molar-refractivity contribution in [1.82, 2.24) is 4.90 Å². The Morgan fingerprint density at radius 1 is 1.30 bits per heavy atom. The smallest absolute Gasteiger partial charge is 0.350 e. The highest BCUT2D eigenvalue weighted by molar-refractivity contribution is 7.14. The first-order valence-corrected chi connectivity index (χ1v) is 9.73. The number of carbonyl (C=O) groups excluding carboxylic acids is 2. The molecule has 0 bridgehead atoms. The van der Waals surface area contributed by atoms with Gasteiger partial charge < -0.3 is 15.2 Å². The Balaban J connectivity index is 1.67. The molecule has 1 aromatic carbocycles. The van der Waals surface area contributed by atoms with Crippen molar-refractivity contribution < 1.29 is 19.1 Å². The molecular weight excluding hydrogens is 364 g/mol. The Labute approximate surface area is 162 Å². The van der Waals surface area contributed by atoms with Gasteiger partial charge in [-0.2, -0.15) is 0 Å². The lowest BCUT2D eigenvalue weighted by Gasteiger charge is -2.27. The van der Waals surface area contributed by atoms with E-state index in [0.717, 1.165) is 23.3 Å². The maximum Gasteiger partial charge on any atom is 0.350 e. The number of primary amides is 1. The van der Waals surface area contributed by atoms with Crippen molar-refractivity contribution in [3.63, 3.8) is 0 Å². The topological polar surface area (TPSA) is 81.9 Å². The van der Waals surface area contributed by atoms with Crippen molar-refractivity contribution in [1.29, 1.82) is 0 Å². The molecule has 144 valence electrons. The third-order valence-corrected chi connectivity index (χ3v) is 5.98. The third kappa shape index (κ3) is 4.55. The number of amides is 1. The van der Waals surface area contributed by atoms with Crippen LogP contribution in [0.4, 0.5) is 0 Å². The van der Waals surface area contributed by atoms with Crippen molar-refractivity contribution >= 4 is 23.2 Å². The van der Waals surface area contributed by atoms with Gasteiger partial charge in [-0.1, -0.05) is 30.3 Å². The summed E-state index contributed by atoms with van der Waals surface area (Å²) in [5.74, 6) is -0.781. The van der Waals surface area contributed by atoms with E-state index in [-0.39, 0.29) is 18.1 Å². The molecule has 0 saturated carbocycles. The fourth-order valence-corrected chi connectivity index (χ4v) is 4.16. The summed E-state index contributed by atoms with van der Waals surface area (Å²) in [4.78, 5) is 27.2. The summed E-state index contributed by atoms with van der Waals surface area (Å²) in [7, 11) is 1.38. The molecule has 3 atom stereocenters. The lowest BCUT2D eigenvalue weighted by molar-refractivity contribution is -0.162. The Hall–Kier alpha value is -2.22. The normalized spacial score (nSPS) is 21.1. The average molecular weight is 388 g/mol. The second-order valence-electron chi connectivity index (χ2n) is 6.63. The minimum atomic E-state index is -0.709. The number of ether oxygens (including phenoxy) is 2. The van der Waals surface area contributed by atoms with Crippen LogP contribution in [0.5, 0.6) is 0 Å². The molecule has 2 heterocycles. The van der Waals surface area contributed by atoms with Gasteiger partial charge in [0.05, 0.1) is 18.1 Å². The van der Waals surface area contributed by atoms with Crippen LogP contribution in [-0.4, -0.2) is 42.7 Å². The van der Waals surface area contributed by atoms with Gasteiger partial charge in [-0.15, -0.1) is 11.3 Å². The van der Waals surface area contributed by atoms with Crippen LogP contribution in [0.25, 0.3) is 0 Å². The fraction of sp³-hybridized carbons (Fsp3) is 0.400. The lowest BCUT2D eigenvalue weighted by atomic mass is 10.1. The number of thiophene rings is 1. The molecule has 1 aliphatic rings. The SMILES string of the molecule is COC(=O)C1O[C@H](c2ccccc2)CN1C(C)CCc1ccc(C(N)=O)s1. The molecule has 3 rings (SSSR count). The third-order valence-electron chi connectivity index (χ3n) is 4.82. The summed E-state index contributed by atoms with van der Waals surface area (Å²) < 4.78 is 11.0. The highest BCUT2D eigenvalue weighted by Gasteiger charge is 2.41. The molecule has 1 amide bonds. The Bertz CT molecular complexity index is 792. The molecule has 27 heavy (non-hydrogen) atoms. The van der Waals surface area contributed by atoms with Gasteiger partial charge in [-0.3, -0.25) is 9.69 Å². The van der Waals surface area contributed by atoms with Crippen molar-refractivity contribution in [3.8, 4) is 0 Å². The Morgan fingerprint density at radius 2 is 2.04 bits per heavy atom. The zero-order valence-corrected chi connectivity index (χ0v) is 16.3. The highest BCUT2D eigenvalue weighted by Crippen LogP contribution is 2.32. The number of esters is 1. The van der Waals surface area contributed by atoms with Gasteiger partial charge in [-0.05, 0) is 37.5 Å². The summed E-state index contributed by atoms with van der Waals surface area (Å²) >= 11 is 1.42. The first-order chi connectivity index (χ1) is 13.0. The van der Waals surface area contributed by atoms with Crippen molar-refractivity contribution in [3.05, 3.63) is 57.8 Å². The number of nitrogens with zero attached hydrogens (tertiary/aromatic N) is 1. The summed E-state index contributed by atoms with van der Waals surface area (Å²) in [6.07, 6.45) is 0.761. The second-order valence-corrected chi connectivity index (χ2v) is 7.79. The van der Waals surface area contributed by atoms with Gasteiger partial charge in [-0.25, -0.2) is 4.79 Å². The van der Waals surface area contributed by atoms with Gasteiger partial charge in [0.25, 0.3) is 5.91 Å². The number of hydrogen-bond donors (Lipinski definition) is 1. The number of methoxy groups -OCH3 is 1. The van der Waals surface area contributed by atoms with E-state index in [0.29, 0.717) is 11.4 Å². The van der Waals surface area contributed by atoms with Crippen LogP contribution in [0.1, 0.15) is 39.6 Å². The van der Waals surface area contributed by atoms with E-state index in [9.17, 15) is 9.59 Å². The van der Waals surface area contributed by atoms with Crippen LogP contribution >= 0.6 is 11.3 Å². The van der Waals surface area contributed by atoms with Crippen molar-refractivity contribution in [2.75, 3.05) is 13.7 Å². The molecule has 1 fully saturated rings. The summed E-state index contributed by atoms with van der Waals surface area (Å²) in [6.45, 7) is 2.71. The predicted molar refractivity (Wildman–Crippen MR) is 103 cm³/mol. The second kappa shape index (κ2) is 8.65. The first-order valence-electron chi connectivity index (χ1n) is 8.92. The molecule has 6 nitrogen and oxygen atoms in total. The number of benzene rings is 1. The van der Waals surface area contributed by atoms with E-state index in [1.165, 1.54) is 18.4 Å². The number of rotatable bonds is 7. The molecule has 2 unspecified atom stereocenters. The van der Waals surface area contributed by atoms with Gasteiger partial charge in [0.15, 0.2) is 0 Å². The zero-order valence-electron chi connectivity index (χ0n) is 15.5. The molecule has 1 saturated heterocycles. The summed E-state index contributed by atoms with van der Waals surface area (Å²) in [5, 5.41) is 0. The molecule has 2 N–H and O–H groups in total. The van der Waals surface area contributed by atoms with Gasteiger partial charge in [0.2, 0.25) is 6.23 Å². The molecule has 0 radical (unpaired) electrons. The van der Waals surface area contributed by atoms with E-state index >= 15 is 0 Å². The first kappa shape index (κ1) is 19.5. The lowest BCUT2D eigenvalue weighted by Crippen LogP contribution is -2.43. The van der Waals surface area contributed by atoms with Crippen LogP contribution in [0.2, 0.25) is 0 Å². The minimum Gasteiger partial charge on any atom is -0.466 e. The minimum absolute atomic E-state index is 0.113. The number of carbonyl (C=O) groups is 2. The standard InChI is InChI=1S/C20H24N2O4S/c1-13(8-9-15-10-11-17(27-15)18(21)23)22-12-16(14-6-4-3-5-7-14)26-19(22)20(24)25-2/h3-7,10-11,13,16,19H,8-9,12H2,1-2H3,(H2,21,23)/t13?,16-,19?/m0/s1. The van der Waals surface area contributed by atoms with Crippen LogP contribution in [0, 0.1) is 0 Å². The maximum absolute atomic E-state index is 12.2. The molecule has 1 aromatic heterocycles.